The Labute approximate surface area is 145 Å². The Kier molecular flexibility index (Phi) is 5.09. The zero-order chi connectivity index (χ0) is 18.1. The Morgan fingerprint density at radius 1 is 1.36 bits per heavy atom. The molecule has 0 unspecified atom stereocenters. The lowest BCUT2D eigenvalue weighted by Crippen LogP contribution is -2.34. The van der Waals surface area contributed by atoms with E-state index in [0.717, 1.165) is 31.8 Å². The number of carbonyl (C=O) groups excluding carboxylic acids is 1. The van der Waals surface area contributed by atoms with Crippen LogP contribution in [0.4, 0.5) is 18.0 Å². The van der Waals surface area contributed by atoms with Crippen molar-refractivity contribution < 1.29 is 18.0 Å². The Bertz CT molecular complexity index is 601. The van der Waals surface area contributed by atoms with E-state index >= 15 is 0 Å². The summed E-state index contributed by atoms with van der Waals surface area (Å²) in [5, 5.41) is 2.73. The summed E-state index contributed by atoms with van der Waals surface area (Å²) in [5.41, 5.74) is -1.49. The van der Waals surface area contributed by atoms with E-state index in [0.29, 0.717) is 6.42 Å². The highest BCUT2D eigenvalue weighted by molar-refractivity contribution is 5.77. The Morgan fingerprint density at radius 3 is 2.64 bits per heavy atom. The maximum atomic E-state index is 12.9. The second kappa shape index (κ2) is 6.97. The van der Waals surface area contributed by atoms with Crippen LogP contribution in [0.5, 0.6) is 0 Å². The summed E-state index contributed by atoms with van der Waals surface area (Å²) in [6, 6.07) is -0.303. The van der Waals surface area contributed by atoms with Crippen LogP contribution < -0.4 is 5.32 Å². The molecular weight excluding hydrogens is 333 g/mol. The van der Waals surface area contributed by atoms with Crippen LogP contribution in [0.3, 0.4) is 0 Å². The third-order valence-electron chi connectivity index (χ3n) is 5.54. The normalized spacial score (nSPS) is 21.3. The molecule has 8 heteroatoms. The van der Waals surface area contributed by atoms with Gasteiger partial charge in [-0.15, -0.1) is 0 Å². The zero-order valence-corrected chi connectivity index (χ0v) is 14.5. The predicted molar refractivity (Wildman–Crippen MR) is 87.5 cm³/mol. The first-order valence-corrected chi connectivity index (χ1v) is 8.89. The number of carbonyl (C=O) groups is 1. The number of amides is 1. The molecule has 1 N–H and O–H groups in total. The maximum absolute atomic E-state index is 12.9. The average molecular weight is 358 g/mol. The number of nitrogens with one attached hydrogen (secondary N) is 1. The van der Waals surface area contributed by atoms with Crippen molar-refractivity contribution in [3.8, 4) is 0 Å². The first-order valence-electron chi connectivity index (χ1n) is 8.89. The fraction of sp³-hybridized carbons (Fsp3) is 0.765. The van der Waals surface area contributed by atoms with Gasteiger partial charge in [0.05, 0.1) is 5.41 Å². The predicted octanol–water partition coefficient (Wildman–Crippen LogP) is 3.37. The minimum absolute atomic E-state index is 0.0858. The molecule has 0 radical (unpaired) electrons. The van der Waals surface area contributed by atoms with Gasteiger partial charge in [0.1, 0.15) is 5.82 Å². The number of aromatic nitrogens is 2. The Morgan fingerprint density at radius 2 is 2.04 bits per heavy atom. The van der Waals surface area contributed by atoms with Crippen LogP contribution in [0.15, 0.2) is 12.4 Å². The Balaban J connectivity index is 1.49. The van der Waals surface area contributed by atoms with Crippen molar-refractivity contribution in [2.75, 3.05) is 26.7 Å². The number of piperidine rings is 1. The van der Waals surface area contributed by atoms with Crippen molar-refractivity contribution in [3.63, 3.8) is 0 Å². The summed E-state index contributed by atoms with van der Waals surface area (Å²) in [6.45, 7) is 2.19. The van der Waals surface area contributed by atoms with E-state index in [1.807, 2.05) is 0 Å². The second-order valence-electron chi connectivity index (χ2n) is 7.35. The molecule has 2 aliphatic rings. The minimum atomic E-state index is -4.12. The molecule has 2 fully saturated rings. The molecule has 0 bridgehead atoms. The third-order valence-corrected chi connectivity index (χ3v) is 5.54. The van der Waals surface area contributed by atoms with Gasteiger partial charge in [0, 0.05) is 24.9 Å². The van der Waals surface area contributed by atoms with E-state index in [1.54, 1.807) is 12.4 Å². The topological polar surface area (TPSA) is 50.2 Å². The van der Waals surface area contributed by atoms with Gasteiger partial charge < -0.3 is 10.2 Å². The second-order valence-corrected chi connectivity index (χ2v) is 7.35. The quantitative estimate of drug-likeness (QED) is 0.821. The van der Waals surface area contributed by atoms with E-state index in [4.69, 9.17) is 0 Å². The molecule has 1 aliphatic heterocycles. The highest BCUT2D eigenvalue weighted by Gasteiger charge is 2.62. The van der Waals surface area contributed by atoms with Crippen LogP contribution >= 0.6 is 0 Å². The number of imidazole rings is 1. The summed E-state index contributed by atoms with van der Waals surface area (Å²) in [7, 11) is 2.07. The van der Waals surface area contributed by atoms with Gasteiger partial charge in [0.15, 0.2) is 0 Å². The molecule has 5 nitrogen and oxygen atoms in total. The van der Waals surface area contributed by atoms with Crippen LogP contribution in [0.25, 0.3) is 0 Å². The van der Waals surface area contributed by atoms with Gasteiger partial charge in [-0.05, 0) is 58.7 Å². The average Bonchev–Trinajstić information content (AvgIpc) is 3.21. The van der Waals surface area contributed by atoms with Gasteiger partial charge in [-0.3, -0.25) is 4.57 Å². The summed E-state index contributed by atoms with van der Waals surface area (Å²) < 4.78 is 40.2. The molecule has 0 aromatic carbocycles. The number of nitrogens with zero attached hydrogens (tertiary/aromatic N) is 3. The van der Waals surface area contributed by atoms with Crippen LogP contribution in [0, 0.1) is 5.41 Å². The molecule has 140 valence electrons. The summed E-state index contributed by atoms with van der Waals surface area (Å²) in [4.78, 5) is 18.9. The standard InChI is InChI=1S/C17H25F3N4O/c1-23-10-3-13(4-11-23)14-21-9-12-24(14)15(25)22-8-2-5-16(6-7-16)17(18,19)20/h9,12-13H,2-8,10-11H2,1H3,(H,22,25). The molecule has 0 spiro atoms. The van der Waals surface area contributed by atoms with Crippen molar-refractivity contribution in [1.82, 2.24) is 19.8 Å². The highest BCUT2D eigenvalue weighted by Crippen LogP contribution is 2.60. The summed E-state index contributed by atoms with van der Waals surface area (Å²) >= 11 is 0. The first kappa shape index (κ1) is 18.2. The lowest BCUT2D eigenvalue weighted by atomic mass is 9.96. The van der Waals surface area contributed by atoms with Gasteiger partial charge in [-0.25, -0.2) is 9.78 Å². The number of likely N-dealkylation sites (tertiary alicyclic amines) is 1. The zero-order valence-electron chi connectivity index (χ0n) is 14.5. The molecular formula is C17H25F3N4O. The number of alkyl halides is 3. The monoisotopic (exact) mass is 358 g/mol. The number of rotatable bonds is 5. The van der Waals surface area contributed by atoms with Gasteiger partial charge in [-0.1, -0.05) is 0 Å². The van der Waals surface area contributed by atoms with Crippen LogP contribution in [0.1, 0.15) is 50.3 Å². The first-order chi connectivity index (χ1) is 11.8. The molecule has 1 saturated carbocycles. The number of hydrogen-bond donors (Lipinski definition) is 1. The highest BCUT2D eigenvalue weighted by atomic mass is 19.4. The summed E-state index contributed by atoms with van der Waals surface area (Å²) in [5.74, 6) is 0.997. The minimum Gasteiger partial charge on any atom is -0.337 e. The fourth-order valence-corrected chi connectivity index (χ4v) is 3.59. The Hall–Kier alpha value is -1.57. The molecule has 25 heavy (non-hydrogen) atoms. The largest absolute Gasteiger partial charge is 0.394 e. The fourth-order valence-electron chi connectivity index (χ4n) is 3.59. The molecule has 1 amide bonds. The maximum Gasteiger partial charge on any atom is 0.394 e. The van der Waals surface area contributed by atoms with Gasteiger partial charge in [0.25, 0.3) is 0 Å². The molecule has 1 aromatic heterocycles. The van der Waals surface area contributed by atoms with Crippen LogP contribution in [-0.2, 0) is 0 Å². The van der Waals surface area contributed by atoms with Crippen molar-refractivity contribution >= 4 is 6.03 Å². The van der Waals surface area contributed by atoms with E-state index < -0.39 is 11.6 Å². The van der Waals surface area contributed by atoms with Crippen molar-refractivity contribution in [2.24, 2.45) is 5.41 Å². The van der Waals surface area contributed by atoms with Gasteiger partial charge in [-0.2, -0.15) is 13.2 Å². The van der Waals surface area contributed by atoms with E-state index in [2.05, 4.69) is 22.2 Å². The molecule has 1 aromatic rings. The number of halogens is 3. The van der Waals surface area contributed by atoms with E-state index in [1.165, 1.54) is 4.57 Å². The van der Waals surface area contributed by atoms with E-state index in [9.17, 15) is 18.0 Å². The lowest BCUT2D eigenvalue weighted by Gasteiger charge is -2.28. The van der Waals surface area contributed by atoms with Crippen LogP contribution in [0.2, 0.25) is 0 Å². The van der Waals surface area contributed by atoms with Gasteiger partial charge >= 0.3 is 12.2 Å². The molecule has 1 aliphatic carbocycles. The smallest absolute Gasteiger partial charge is 0.337 e. The van der Waals surface area contributed by atoms with Crippen molar-refractivity contribution in [3.05, 3.63) is 18.2 Å². The van der Waals surface area contributed by atoms with Crippen LogP contribution in [-0.4, -0.2) is 53.3 Å². The van der Waals surface area contributed by atoms with E-state index in [-0.39, 0.29) is 37.8 Å². The van der Waals surface area contributed by atoms with Gasteiger partial charge in [0.2, 0.25) is 0 Å². The molecule has 0 atom stereocenters. The lowest BCUT2D eigenvalue weighted by molar-refractivity contribution is -0.189. The SMILES string of the molecule is CN1CCC(c2nccn2C(=O)NCCCC2(C(F)(F)F)CC2)CC1. The molecule has 1 saturated heterocycles. The number of hydrogen-bond acceptors (Lipinski definition) is 3. The van der Waals surface area contributed by atoms with Crippen molar-refractivity contribution in [2.45, 2.75) is 50.6 Å². The summed E-state index contributed by atoms with van der Waals surface area (Å²) in [6.07, 6.45) is 1.87. The third kappa shape index (κ3) is 3.99. The van der Waals surface area contributed by atoms with Crippen molar-refractivity contribution in [1.29, 1.82) is 0 Å². The molecule has 3 rings (SSSR count). The molecule has 2 heterocycles.